The summed E-state index contributed by atoms with van der Waals surface area (Å²) in [5, 5.41) is 5.08. The Balaban J connectivity index is 1.28. The van der Waals surface area contributed by atoms with Gasteiger partial charge in [-0.1, -0.05) is 67.3 Å². The molecule has 0 spiro atoms. The summed E-state index contributed by atoms with van der Waals surface area (Å²) < 4.78 is 1.97. The molecule has 2 aromatic carbocycles. The Morgan fingerprint density at radius 3 is 2.44 bits per heavy atom. The molecule has 1 atom stereocenters. The van der Waals surface area contributed by atoms with E-state index in [4.69, 9.17) is 17.3 Å². The predicted molar refractivity (Wildman–Crippen MR) is 170 cm³/mol. The van der Waals surface area contributed by atoms with Crippen LogP contribution in [0.5, 0.6) is 0 Å². The maximum absolute atomic E-state index is 14.0. The van der Waals surface area contributed by atoms with Crippen molar-refractivity contribution in [2.45, 2.75) is 77.3 Å². The Kier molecular flexibility index (Phi) is 10.8. The highest BCUT2D eigenvalue weighted by atomic mass is 35.5. The minimum Gasteiger partial charge on any atom is -0.342 e. The van der Waals surface area contributed by atoms with Crippen molar-refractivity contribution in [2.24, 2.45) is 28.0 Å². The largest absolute Gasteiger partial charge is 0.342 e. The third-order valence-corrected chi connectivity index (χ3v) is 9.77. The number of piperidine rings is 1. The fourth-order valence-electron chi connectivity index (χ4n) is 7.01. The monoisotopic (exact) mass is 602 g/mol. The van der Waals surface area contributed by atoms with E-state index in [-0.39, 0.29) is 23.7 Å². The van der Waals surface area contributed by atoms with E-state index >= 15 is 0 Å². The first-order valence-electron chi connectivity index (χ1n) is 15.7. The van der Waals surface area contributed by atoms with Crippen molar-refractivity contribution >= 4 is 29.6 Å². The van der Waals surface area contributed by atoms with Gasteiger partial charge in [0.1, 0.15) is 12.7 Å². The van der Waals surface area contributed by atoms with E-state index < -0.39 is 5.92 Å². The number of hydrogen-bond acceptors (Lipinski definition) is 5. The van der Waals surface area contributed by atoms with Crippen molar-refractivity contribution in [3.63, 3.8) is 0 Å². The summed E-state index contributed by atoms with van der Waals surface area (Å²) in [5.74, 6) is -0.100. The number of hydrogen-bond donors (Lipinski definition) is 1. The molecule has 1 unspecified atom stereocenters. The highest BCUT2D eigenvalue weighted by Gasteiger charge is 2.43. The summed E-state index contributed by atoms with van der Waals surface area (Å²) in [6.07, 6.45) is 14.5. The molecule has 2 amide bonds. The number of nitrogens with two attached hydrogens (primary N) is 1. The molecule has 1 aliphatic heterocycles. The van der Waals surface area contributed by atoms with Crippen molar-refractivity contribution in [3.8, 4) is 0 Å². The van der Waals surface area contributed by atoms with Gasteiger partial charge in [0.2, 0.25) is 11.8 Å². The zero-order chi connectivity index (χ0) is 30.1. The number of carbonyl (C=O) groups excluding carboxylic acids is 2. The van der Waals surface area contributed by atoms with Gasteiger partial charge in [0, 0.05) is 43.8 Å². The van der Waals surface area contributed by atoms with Gasteiger partial charge in [-0.3, -0.25) is 14.3 Å². The third-order valence-electron chi connectivity index (χ3n) is 9.52. The summed E-state index contributed by atoms with van der Waals surface area (Å²) in [6.45, 7) is 2.66. The number of amides is 2. The molecule has 43 heavy (non-hydrogen) atoms. The molecule has 1 saturated carbocycles. The van der Waals surface area contributed by atoms with Crippen LogP contribution in [0.2, 0.25) is 5.02 Å². The van der Waals surface area contributed by atoms with Crippen molar-refractivity contribution in [2.75, 3.05) is 13.1 Å². The lowest BCUT2D eigenvalue weighted by molar-refractivity contribution is -0.136. The van der Waals surface area contributed by atoms with Crippen LogP contribution in [0, 0.1) is 17.3 Å². The fraction of sp³-hybridized carbons (Fsp3) is 0.500. The van der Waals surface area contributed by atoms with Gasteiger partial charge in [0.25, 0.3) is 0 Å². The van der Waals surface area contributed by atoms with E-state index in [1.807, 2.05) is 64.4 Å². The standard InChI is InChI=1S/C34H43ClN6O2/c35-31-13-10-26(11-14-31)20-29(22-38-32(42)15-12-27-6-4-5-7-28(27)21-36)33(43)40-18-16-34(17-19-40,23-41-25-37-24-39-41)30-8-2-1-3-9-30/h4-7,10-11,13-14,22,24-25,29-30H,1-3,8-9,12,15-21,23,36H2. The molecule has 1 aliphatic carbocycles. The molecule has 2 fully saturated rings. The Bertz CT molecular complexity index is 1360. The molecule has 0 bridgehead atoms. The number of aromatic nitrogens is 3. The molecule has 1 saturated heterocycles. The molecular formula is C34H43ClN6O2. The minimum atomic E-state index is -0.529. The van der Waals surface area contributed by atoms with Crippen LogP contribution in [0.25, 0.3) is 0 Å². The second kappa shape index (κ2) is 14.9. The number of benzene rings is 2. The van der Waals surface area contributed by atoms with Gasteiger partial charge in [-0.2, -0.15) is 5.10 Å². The topological polar surface area (TPSA) is 106 Å². The Morgan fingerprint density at radius 1 is 1.05 bits per heavy atom. The first-order valence-corrected chi connectivity index (χ1v) is 16.0. The van der Waals surface area contributed by atoms with Crippen molar-refractivity contribution < 1.29 is 9.59 Å². The van der Waals surface area contributed by atoms with Gasteiger partial charge < -0.3 is 10.6 Å². The minimum absolute atomic E-state index is 0.0259. The van der Waals surface area contributed by atoms with Crippen molar-refractivity contribution in [1.82, 2.24) is 19.7 Å². The van der Waals surface area contributed by atoms with Crippen LogP contribution in [-0.2, 0) is 35.5 Å². The quantitative estimate of drug-likeness (QED) is 0.285. The second-order valence-corrected chi connectivity index (χ2v) is 12.6. The second-order valence-electron chi connectivity index (χ2n) is 12.2. The summed E-state index contributed by atoms with van der Waals surface area (Å²) in [6, 6.07) is 15.4. The average Bonchev–Trinajstić information content (AvgIpc) is 3.56. The predicted octanol–water partition coefficient (Wildman–Crippen LogP) is 5.67. The first-order chi connectivity index (χ1) is 21.0. The van der Waals surface area contributed by atoms with Gasteiger partial charge in [0.05, 0.1) is 5.92 Å². The van der Waals surface area contributed by atoms with Gasteiger partial charge in [-0.25, -0.2) is 9.98 Å². The van der Waals surface area contributed by atoms with E-state index in [0.717, 1.165) is 36.1 Å². The number of aliphatic imine (C=N–C) groups is 1. The third kappa shape index (κ3) is 8.18. The van der Waals surface area contributed by atoms with Crippen LogP contribution >= 0.6 is 11.6 Å². The smallest absolute Gasteiger partial charge is 0.245 e. The number of nitrogens with zero attached hydrogens (tertiary/aromatic N) is 5. The molecule has 8 nitrogen and oxygen atoms in total. The lowest BCUT2D eigenvalue weighted by atomic mass is 9.63. The van der Waals surface area contributed by atoms with Crippen LogP contribution in [0.3, 0.4) is 0 Å². The van der Waals surface area contributed by atoms with Gasteiger partial charge >= 0.3 is 0 Å². The van der Waals surface area contributed by atoms with E-state index in [0.29, 0.717) is 43.4 Å². The SMILES string of the molecule is NCc1ccccc1CCC(=O)N=CC(Cc1ccc(Cl)cc1)C(=O)N1CCC(Cn2cncn2)(C2CCCCC2)CC1. The maximum Gasteiger partial charge on any atom is 0.245 e. The zero-order valence-corrected chi connectivity index (χ0v) is 25.7. The number of likely N-dealkylation sites (tertiary alicyclic amines) is 1. The van der Waals surface area contributed by atoms with Crippen LogP contribution < -0.4 is 5.73 Å². The Labute approximate surface area is 259 Å². The van der Waals surface area contributed by atoms with E-state index in [1.165, 1.54) is 32.1 Å². The number of carbonyl (C=O) groups is 2. The molecule has 228 valence electrons. The fourth-order valence-corrected chi connectivity index (χ4v) is 7.14. The van der Waals surface area contributed by atoms with Gasteiger partial charge in [-0.15, -0.1) is 0 Å². The molecule has 3 aromatic rings. The number of aryl methyl sites for hydroxylation is 1. The zero-order valence-electron chi connectivity index (χ0n) is 24.9. The van der Waals surface area contributed by atoms with Crippen LogP contribution in [0.4, 0.5) is 0 Å². The molecule has 1 aromatic heterocycles. The highest BCUT2D eigenvalue weighted by molar-refractivity contribution is 6.30. The molecule has 9 heteroatoms. The molecule has 2 heterocycles. The summed E-state index contributed by atoms with van der Waals surface area (Å²) in [7, 11) is 0. The summed E-state index contributed by atoms with van der Waals surface area (Å²) in [5.41, 5.74) is 9.05. The Morgan fingerprint density at radius 2 is 1.77 bits per heavy atom. The molecule has 2 N–H and O–H groups in total. The molecule has 2 aliphatic rings. The maximum atomic E-state index is 14.0. The normalized spacial score (nSPS) is 18.1. The number of rotatable bonds is 11. The first kappa shape index (κ1) is 31.1. The number of halogens is 1. The lowest BCUT2D eigenvalue weighted by Gasteiger charge is -2.48. The van der Waals surface area contributed by atoms with Crippen LogP contribution in [0.1, 0.15) is 68.1 Å². The highest BCUT2D eigenvalue weighted by Crippen LogP contribution is 2.47. The van der Waals surface area contributed by atoms with E-state index in [9.17, 15) is 9.59 Å². The van der Waals surface area contributed by atoms with Gasteiger partial charge in [0.15, 0.2) is 0 Å². The summed E-state index contributed by atoms with van der Waals surface area (Å²) in [4.78, 5) is 37.3. The lowest BCUT2D eigenvalue weighted by Crippen LogP contribution is -2.50. The average molecular weight is 603 g/mol. The summed E-state index contributed by atoms with van der Waals surface area (Å²) >= 11 is 6.12. The van der Waals surface area contributed by atoms with E-state index in [2.05, 4.69) is 15.1 Å². The van der Waals surface area contributed by atoms with Crippen LogP contribution in [0.15, 0.2) is 66.2 Å². The van der Waals surface area contributed by atoms with Gasteiger partial charge in [-0.05, 0) is 78.7 Å². The molecule has 5 rings (SSSR count). The van der Waals surface area contributed by atoms with Crippen molar-refractivity contribution in [3.05, 3.63) is 82.9 Å². The van der Waals surface area contributed by atoms with Crippen LogP contribution in [-0.4, -0.2) is 50.8 Å². The molecular weight excluding hydrogens is 560 g/mol. The van der Waals surface area contributed by atoms with E-state index in [1.54, 1.807) is 12.5 Å². The Hall–Kier alpha value is -3.36. The van der Waals surface area contributed by atoms with Crippen molar-refractivity contribution in [1.29, 1.82) is 0 Å². The molecule has 0 radical (unpaired) electrons.